The predicted octanol–water partition coefficient (Wildman–Crippen LogP) is 4.23. The Morgan fingerprint density at radius 2 is 1.66 bits per heavy atom. The molecule has 0 aromatic heterocycles. The zero-order valence-electron chi connectivity index (χ0n) is 16.1. The molecule has 0 saturated carbocycles. The second kappa shape index (κ2) is 6.02. The van der Waals surface area contributed by atoms with Crippen molar-refractivity contribution < 1.29 is 9.59 Å². The number of nitrogens with two attached hydrogens (primary N) is 1. The van der Waals surface area contributed by atoms with Gasteiger partial charge >= 0.3 is 0 Å². The summed E-state index contributed by atoms with van der Waals surface area (Å²) in [6.07, 6.45) is 3.65. The number of hydrogen-bond acceptors (Lipinski definition) is 4. The predicted molar refractivity (Wildman–Crippen MR) is 109 cm³/mol. The van der Waals surface area contributed by atoms with Gasteiger partial charge in [0.25, 0.3) is 0 Å². The Morgan fingerprint density at radius 3 is 2.24 bits per heavy atom. The average Bonchev–Trinajstić information content (AvgIpc) is 3.29. The van der Waals surface area contributed by atoms with Gasteiger partial charge in [-0.15, -0.1) is 0 Å². The number of allylic oxidation sites excluding steroid dienone is 4. The van der Waals surface area contributed by atoms with E-state index in [1.165, 1.54) is 0 Å². The Morgan fingerprint density at radius 1 is 1.03 bits per heavy atom. The highest BCUT2D eigenvalue weighted by atomic mass is 16.2. The van der Waals surface area contributed by atoms with Crippen molar-refractivity contribution in [1.29, 1.82) is 5.26 Å². The van der Waals surface area contributed by atoms with E-state index in [1.807, 2.05) is 37.3 Å². The molecular formula is C25H20N2O2. The molecule has 2 aromatic carbocycles. The van der Waals surface area contributed by atoms with Gasteiger partial charge in [-0.05, 0) is 36.8 Å². The summed E-state index contributed by atoms with van der Waals surface area (Å²) in [5, 5.41) is 9.88. The third-order valence-corrected chi connectivity index (χ3v) is 6.77. The van der Waals surface area contributed by atoms with E-state index in [0.29, 0.717) is 16.7 Å². The van der Waals surface area contributed by atoms with Crippen LogP contribution in [0.2, 0.25) is 0 Å². The van der Waals surface area contributed by atoms with Crippen LogP contribution >= 0.6 is 0 Å². The van der Waals surface area contributed by atoms with E-state index in [0.717, 1.165) is 29.5 Å². The molecule has 29 heavy (non-hydrogen) atoms. The highest BCUT2D eigenvalue weighted by Crippen LogP contribution is 2.61. The molecule has 0 aliphatic heterocycles. The van der Waals surface area contributed by atoms with E-state index in [-0.39, 0.29) is 23.2 Å². The monoisotopic (exact) mass is 380 g/mol. The summed E-state index contributed by atoms with van der Waals surface area (Å²) in [5.41, 5.74) is 9.17. The van der Waals surface area contributed by atoms with Gasteiger partial charge in [0.15, 0.2) is 11.6 Å². The van der Waals surface area contributed by atoms with E-state index < -0.39 is 11.3 Å². The van der Waals surface area contributed by atoms with Crippen molar-refractivity contribution in [3.63, 3.8) is 0 Å². The van der Waals surface area contributed by atoms with Gasteiger partial charge < -0.3 is 5.73 Å². The zero-order valence-corrected chi connectivity index (χ0v) is 16.1. The van der Waals surface area contributed by atoms with Crippen molar-refractivity contribution in [3.05, 3.63) is 93.7 Å². The minimum Gasteiger partial charge on any atom is -0.400 e. The van der Waals surface area contributed by atoms with E-state index in [9.17, 15) is 14.9 Å². The van der Waals surface area contributed by atoms with Crippen LogP contribution < -0.4 is 5.73 Å². The fourth-order valence-electron chi connectivity index (χ4n) is 5.50. The van der Waals surface area contributed by atoms with Crippen LogP contribution in [0.15, 0.2) is 71.5 Å². The number of nitrogens with zero attached hydrogens (tertiary/aromatic N) is 1. The van der Waals surface area contributed by atoms with Gasteiger partial charge in [-0.25, -0.2) is 0 Å². The van der Waals surface area contributed by atoms with Crippen LogP contribution in [0.5, 0.6) is 0 Å². The molecule has 1 spiro atoms. The zero-order chi connectivity index (χ0) is 20.3. The maximum Gasteiger partial charge on any atom is 0.184 e. The Hall–Kier alpha value is -3.45. The molecule has 3 aliphatic rings. The molecule has 2 atom stereocenters. The second-order valence-corrected chi connectivity index (χ2v) is 8.14. The maximum absolute atomic E-state index is 13.8. The summed E-state index contributed by atoms with van der Waals surface area (Å²) in [4.78, 5) is 27.7. The first-order valence-electron chi connectivity index (χ1n) is 9.87. The van der Waals surface area contributed by atoms with Crippen LogP contribution in [0.3, 0.4) is 0 Å². The Labute approximate surface area is 169 Å². The molecule has 5 rings (SSSR count). The van der Waals surface area contributed by atoms with Gasteiger partial charge in [-0.1, -0.05) is 60.2 Å². The lowest BCUT2D eigenvalue weighted by molar-refractivity contribution is 0.0665. The maximum atomic E-state index is 13.8. The third kappa shape index (κ3) is 2.08. The topological polar surface area (TPSA) is 83.9 Å². The van der Waals surface area contributed by atoms with Crippen LogP contribution in [0.4, 0.5) is 0 Å². The molecule has 0 fully saturated rings. The number of Topliss-reactive ketones (excluding diaryl/α,β-unsaturated/α-hetero) is 2. The number of benzene rings is 2. The average molecular weight is 380 g/mol. The number of ketones is 2. The summed E-state index contributed by atoms with van der Waals surface area (Å²) in [7, 11) is 0. The van der Waals surface area contributed by atoms with Crippen LogP contribution in [0.25, 0.3) is 0 Å². The standard InChI is InChI=1S/C25H20N2O2/c1-14-9-11-15(12-10-14)21-17-8-4-7-16(17)20(13-26)22(27)25(21)23(28)18-5-2-3-6-19(18)24(25)29/h2-3,5-7,9-12,17,21H,4,8,27H2,1H3/t17-,21+/m1/s1. The molecule has 4 heteroatoms. The largest absolute Gasteiger partial charge is 0.400 e. The first-order valence-corrected chi connectivity index (χ1v) is 9.87. The molecule has 2 aromatic rings. The molecule has 0 amide bonds. The van der Waals surface area contributed by atoms with E-state index in [1.54, 1.807) is 24.3 Å². The number of hydrogen-bond donors (Lipinski definition) is 1. The molecular weight excluding hydrogens is 360 g/mol. The Bertz CT molecular complexity index is 1140. The summed E-state index contributed by atoms with van der Waals surface area (Å²) < 4.78 is 0. The smallest absolute Gasteiger partial charge is 0.184 e. The molecule has 0 bridgehead atoms. The first-order chi connectivity index (χ1) is 14.0. The fraction of sp³-hybridized carbons (Fsp3) is 0.240. The van der Waals surface area contributed by atoms with Crippen molar-refractivity contribution in [2.75, 3.05) is 0 Å². The summed E-state index contributed by atoms with van der Waals surface area (Å²) in [6, 6.07) is 17.1. The lowest BCUT2D eigenvalue weighted by Crippen LogP contribution is -2.50. The van der Waals surface area contributed by atoms with Gasteiger partial charge in [0.1, 0.15) is 11.5 Å². The lowest BCUT2D eigenvalue weighted by atomic mass is 9.56. The Kier molecular flexibility index (Phi) is 3.66. The quantitative estimate of drug-likeness (QED) is 0.751. The first kappa shape index (κ1) is 17.6. The van der Waals surface area contributed by atoms with Gasteiger partial charge in [-0.3, -0.25) is 9.59 Å². The number of rotatable bonds is 1. The third-order valence-electron chi connectivity index (χ3n) is 6.77. The van der Waals surface area contributed by atoms with Gasteiger partial charge in [0.05, 0.1) is 5.57 Å². The molecule has 0 unspecified atom stereocenters. The van der Waals surface area contributed by atoms with Gasteiger partial charge in [0.2, 0.25) is 0 Å². The number of fused-ring (bicyclic) bond motifs is 2. The lowest BCUT2D eigenvalue weighted by Gasteiger charge is -2.44. The second-order valence-electron chi connectivity index (χ2n) is 8.14. The van der Waals surface area contributed by atoms with Crippen molar-refractivity contribution in [2.24, 2.45) is 17.1 Å². The van der Waals surface area contributed by atoms with Crippen LogP contribution in [0, 0.1) is 29.6 Å². The number of carbonyl (C=O) groups is 2. The highest BCUT2D eigenvalue weighted by Gasteiger charge is 2.64. The van der Waals surface area contributed by atoms with Crippen molar-refractivity contribution in [2.45, 2.75) is 25.7 Å². The van der Waals surface area contributed by atoms with Crippen LogP contribution in [-0.4, -0.2) is 11.6 Å². The minimum absolute atomic E-state index is 0.0816. The summed E-state index contributed by atoms with van der Waals surface area (Å²) in [6.45, 7) is 2.01. The number of aryl methyl sites for hydroxylation is 1. The molecule has 4 nitrogen and oxygen atoms in total. The molecule has 3 aliphatic carbocycles. The SMILES string of the molecule is Cc1ccc([C@H]2[C@@H]3CCC=C3C(C#N)=C(N)C23C(=O)c2ccccc2C3=O)cc1. The van der Waals surface area contributed by atoms with Gasteiger partial charge in [0, 0.05) is 22.7 Å². The number of carbonyl (C=O) groups excluding carboxylic acids is 2. The normalized spacial score (nSPS) is 24.3. The summed E-state index contributed by atoms with van der Waals surface area (Å²) in [5.74, 6) is -1.05. The molecule has 142 valence electrons. The summed E-state index contributed by atoms with van der Waals surface area (Å²) >= 11 is 0. The molecule has 0 radical (unpaired) electrons. The Balaban J connectivity index is 1.86. The fourth-order valence-corrected chi connectivity index (χ4v) is 5.50. The van der Waals surface area contributed by atoms with Crippen molar-refractivity contribution in [3.8, 4) is 6.07 Å². The molecule has 2 N–H and O–H groups in total. The minimum atomic E-state index is -1.55. The van der Waals surface area contributed by atoms with Crippen LogP contribution in [-0.2, 0) is 0 Å². The molecule has 0 heterocycles. The van der Waals surface area contributed by atoms with Crippen molar-refractivity contribution in [1.82, 2.24) is 0 Å². The van der Waals surface area contributed by atoms with Gasteiger partial charge in [-0.2, -0.15) is 5.26 Å². The highest BCUT2D eigenvalue weighted by molar-refractivity contribution is 6.32. The van der Waals surface area contributed by atoms with E-state index >= 15 is 0 Å². The molecule has 0 saturated heterocycles. The van der Waals surface area contributed by atoms with Crippen LogP contribution in [0.1, 0.15) is 50.6 Å². The van der Waals surface area contributed by atoms with E-state index in [4.69, 9.17) is 5.73 Å². The van der Waals surface area contributed by atoms with Crippen molar-refractivity contribution >= 4 is 11.6 Å². The number of nitriles is 1. The van der Waals surface area contributed by atoms with E-state index in [2.05, 4.69) is 6.07 Å².